The van der Waals surface area contributed by atoms with Crippen molar-refractivity contribution in [3.05, 3.63) is 94.8 Å². The number of carbonyl (C=O) groups is 1. The lowest BCUT2D eigenvalue weighted by Crippen LogP contribution is -2.18. The number of nitrogens with one attached hydrogen (secondary N) is 1. The van der Waals surface area contributed by atoms with Gasteiger partial charge in [0.15, 0.2) is 0 Å². The van der Waals surface area contributed by atoms with E-state index in [0.717, 1.165) is 16.9 Å². The van der Waals surface area contributed by atoms with Crippen molar-refractivity contribution in [2.24, 2.45) is 5.10 Å². The summed E-state index contributed by atoms with van der Waals surface area (Å²) in [6.45, 7) is 0.463. The van der Waals surface area contributed by atoms with E-state index in [4.69, 9.17) is 16.3 Å². The van der Waals surface area contributed by atoms with Crippen LogP contribution in [0.4, 0.5) is 0 Å². The van der Waals surface area contributed by atoms with Gasteiger partial charge in [-0.3, -0.25) is 9.78 Å². The summed E-state index contributed by atoms with van der Waals surface area (Å²) in [5.74, 6) is 0.388. The van der Waals surface area contributed by atoms with E-state index in [2.05, 4.69) is 15.5 Å². The topological polar surface area (TPSA) is 63.6 Å². The van der Waals surface area contributed by atoms with Crippen molar-refractivity contribution in [1.82, 2.24) is 10.4 Å². The van der Waals surface area contributed by atoms with Crippen molar-refractivity contribution in [2.75, 3.05) is 0 Å². The number of hydrogen-bond donors (Lipinski definition) is 1. The lowest BCUT2D eigenvalue weighted by molar-refractivity contribution is 0.0950. The molecule has 0 atom stereocenters. The van der Waals surface area contributed by atoms with Crippen LogP contribution in [-0.2, 0) is 6.61 Å². The van der Waals surface area contributed by atoms with Gasteiger partial charge in [-0.25, -0.2) is 5.43 Å². The first-order valence-electron chi connectivity index (χ1n) is 7.92. The van der Waals surface area contributed by atoms with E-state index in [1.807, 2.05) is 48.5 Å². The maximum absolute atomic E-state index is 11.8. The third kappa shape index (κ3) is 5.16. The number of aromatic nitrogens is 1. The minimum atomic E-state index is -0.357. The fourth-order valence-electron chi connectivity index (χ4n) is 2.12. The molecule has 2 aromatic carbocycles. The summed E-state index contributed by atoms with van der Waals surface area (Å²) in [5.41, 5.74) is 4.63. The molecule has 1 N–H and O–H groups in total. The van der Waals surface area contributed by atoms with Gasteiger partial charge in [0.2, 0.25) is 0 Å². The van der Waals surface area contributed by atoms with Crippen LogP contribution in [0.2, 0.25) is 5.02 Å². The quantitative estimate of drug-likeness (QED) is 0.529. The first kappa shape index (κ1) is 17.6. The average molecular weight is 366 g/mol. The van der Waals surface area contributed by atoms with Crippen molar-refractivity contribution in [3.63, 3.8) is 0 Å². The van der Waals surface area contributed by atoms with Gasteiger partial charge < -0.3 is 4.74 Å². The number of hydrogen-bond acceptors (Lipinski definition) is 4. The molecule has 26 heavy (non-hydrogen) atoms. The van der Waals surface area contributed by atoms with Gasteiger partial charge in [-0.05, 0) is 59.7 Å². The van der Waals surface area contributed by atoms with Crippen LogP contribution in [0.3, 0.4) is 0 Å². The Bertz CT molecular complexity index is 879. The third-order valence-electron chi connectivity index (χ3n) is 3.48. The van der Waals surface area contributed by atoms with Crippen LogP contribution in [0.5, 0.6) is 5.75 Å². The smallest absolute Gasteiger partial charge is 0.289 e. The van der Waals surface area contributed by atoms with Gasteiger partial charge >= 0.3 is 0 Å². The molecule has 3 rings (SSSR count). The maximum atomic E-state index is 11.8. The summed E-state index contributed by atoms with van der Waals surface area (Å²) in [7, 11) is 0. The van der Waals surface area contributed by atoms with Crippen LogP contribution in [0.15, 0.2) is 78.0 Å². The molecule has 3 aromatic rings. The van der Waals surface area contributed by atoms with Crippen LogP contribution < -0.4 is 10.2 Å². The standard InChI is InChI=1S/C20H16ClN3O2/c21-17-8-4-16(5-9-17)14-26-18-10-6-15(7-11-18)13-23-24-20(25)19-3-1-2-12-22-19/h1-13H,14H2,(H,24,25)/b23-13-. The number of nitrogens with zero attached hydrogens (tertiary/aromatic N) is 2. The summed E-state index contributed by atoms with van der Waals surface area (Å²) < 4.78 is 5.72. The number of pyridine rings is 1. The molecule has 0 saturated heterocycles. The fraction of sp³-hybridized carbons (Fsp3) is 0.0500. The van der Waals surface area contributed by atoms with E-state index in [9.17, 15) is 4.79 Å². The molecule has 0 unspecified atom stereocenters. The molecule has 5 nitrogen and oxygen atoms in total. The van der Waals surface area contributed by atoms with Gasteiger partial charge in [-0.2, -0.15) is 5.10 Å². The SMILES string of the molecule is O=C(N/N=C\c1ccc(OCc2ccc(Cl)cc2)cc1)c1ccccn1. The molecule has 6 heteroatoms. The van der Waals surface area contributed by atoms with E-state index in [0.29, 0.717) is 17.3 Å². The first-order chi connectivity index (χ1) is 12.7. The van der Waals surface area contributed by atoms with Gasteiger partial charge in [0.1, 0.15) is 18.1 Å². The Balaban J connectivity index is 1.51. The van der Waals surface area contributed by atoms with Crippen molar-refractivity contribution in [2.45, 2.75) is 6.61 Å². The predicted octanol–water partition coefficient (Wildman–Crippen LogP) is 4.08. The first-order valence-corrected chi connectivity index (χ1v) is 8.30. The van der Waals surface area contributed by atoms with Crippen LogP contribution in [0.1, 0.15) is 21.6 Å². The maximum Gasteiger partial charge on any atom is 0.289 e. The molecule has 1 aromatic heterocycles. The van der Waals surface area contributed by atoms with E-state index >= 15 is 0 Å². The molecular weight excluding hydrogens is 350 g/mol. The molecule has 0 radical (unpaired) electrons. The number of benzene rings is 2. The molecular formula is C20H16ClN3O2. The largest absolute Gasteiger partial charge is 0.489 e. The lowest BCUT2D eigenvalue weighted by Gasteiger charge is -2.06. The summed E-state index contributed by atoms with van der Waals surface area (Å²) in [4.78, 5) is 15.8. The normalized spacial score (nSPS) is 10.7. The summed E-state index contributed by atoms with van der Waals surface area (Å²) in [6.07, 6.45) is 3.12. The number of ether oxygens (including phenoxy) is 1. The molecule has 1 amide bonds. The molecule has 0 saturated carbocycles. The van der Waals surface area contributed by atoms with Crippen molar-refractivity contribution < 1.29 is 9.53 Å². The van der Waals surface area contributed by atoms with Crippen molar-refractivity contribution in [3.8, 4) is 5.75 Å². The Hall–Kier alpha value is -3.18. The van der Waals surface area contributed by atoms with E-state index in [1.165, 1.54) is 0 Å². The number of carbonyl (C=O) groups excluding carboxylic acids is 1. The van der Waals surface area contributed by atoms with Crippen molar-refractivity contribution >= 4 is 23.7 Å². The monoisotopic (exact) mass is 365 g/mol. The highest BCUT2D eigenvalue weighted by Crippen LogP contribution is 2.15. The Labute approximate surface area is 156 Å². The number of rotatable bonds is 6. The molecule has 0 aliphatic rings. The Morgan fingerprint density at radius 1 is 1.08 bits per heavy atom. The molecule has 0 fully saturated rings. The Morgan fingerprint density at radius 2 is 1.85 bits per heavy atom. The zero-order chi connectivity index (χ0) is 18.2. The minimum absolute atomic E-state index is 0.315. The number of hydrazone groups is 1. The Kier molecular flexibility index (Phi) is 5.96. The second-order valence-electron chi connectivity index (χ2n) is 5.40. The average Bonchev–Trinajstić information content (AvgIpc) is 2.69. The zero-order valence-electron chi connectivity index (χ0n) is 13.8. The van der Waals surface area contributed by atoms with Gasteiger partial charge in [-0.15, -0.1) is 0 Å². The van der Waals surface area contributed by atoms with Crippen molar-refractivity contribution in [1.29, 1.82) is 0 Å². The van der Waals surface area contributed by atoms with Crippen LogP contribution >= 0.6 is 11.6 Å². The second kappa shape index (κ2) is 8.78. The lowest BCUT2D eigenvalue weighted by atomic mass is 10.2. The second-order valence-corrected chi connectivity index (χ2v) is 5.83. The number of halogens is 1. The summed E-state index contributed by atoms with van der Waals surface area (Å²) >= 11 is 5.86. The van der Waals surface area contributed by atoms with E-state index in [-0.39, 0.29) is 5.91 Å². The highest BCUT2D eigenvalue weighted by Gasteiger charge is 2.03. The molecule has 0 bridgehead atoms. The molecule has 0 aliphatic heterocycles. The third-order valence-corrected chi connectivity index (χ3v) is 3.73. The Morgan fingerprint density at radius 3 is 2.54 bits per heavy atom. The zero-order valence-corrected chi connectivity index (χ0v) is 14.6. The van der Waals surface area contributed by atoms with E-state index in [1.54, 1.807) is 30.6 Å². The van der Waals surface area contributed by atoms with E-state index < -0.39 is 0 Å². The summed E-state index contributed by atoms with van der Waals surface area (Å²) in [6, 6.07) is 20.0. The molecule has 1 heterocycles. The highest BCUT2D eigenvalue weighted by molar-refractivity contribution is 6.30. The van der Waals surface area contributed by atoms with Gasteiger partial charge in [0.05, 0.1) is 6.21 Å². The number of amides is 1. The highest BCUT2D eigenvalue weighted by atomic mass is 35.5. The molecule has 130 valence electrons. The fourth-order valence-corrected chi connectivity index (χ4v) is 2.24. The summed E-state index contributed by atoms with van der Waals surface area (Å²) in [5, 5.41) is 4.63. The molecule has 0 aliphatic carbocycles. The van der Waals surface area contributed by atoms with Crippen LogP contribution in [0, 0.1) is 0 Å². The van der Waals surface area contributed by atoms with Gasteiger partial charge in [0, 0.05) is 11.2 Å². The molecule has 0 spiro atoms. The predicted molar refractivity (Wildman–Crippen MR) is 102 cm³/mol. The van der Waals surface area contributed by atoms with Crippen LogP contribution in [0.25, 0.3) is 0 Å². The van der Waals surface area contributed by atoms with Gasteiger partial charge in [0.25, 0.3) is 5.91 Å². The minimum Gasteiger partial charge on any atom is -0.489 e. The van der Waals surface area contributed by atoms with Gasteiger partial charge in [-0.1, -0.05) is 29.8 Å². The van der Waals surface area contributed by atoms with Crippen LogP contribution in [-0.4, -0.2) is 17.1 Å².